The maximum Gasteiger partial charge on any atom is 0.259 e. The van der Waals surface area contributed by atoms with Crippen LogP contribution in [-0.2, 0) is 17.9 Å². The van der Waals surface area contributed by atoms with E-state index >= 15 is 0 Å². The number of nitrogens with zero attached hydrogens (tertiary/aromatic N) is 3. The van der Waals surface area contributed by atoms with E-state index in [2.05, 4.69) is 31.4 Å². The summed E-state index contributed by atoms with van der Waals surface area (Å²) in [5.41, 5.74) is 1.81. The highest BCUT2D eigenvalue weighted by molar-refractivity contribution is 9.10. The van der Waals surface area contributed by atoms with Crippen LogP contribution in [-0.4, -0.2) is 20.6 Å². The summed E-state index contributed by atoms with van der Waals surface area (Å²) < 4.78 is 7.59. The van der Waals surface area contributed by atoms with E-state index in [0.29, 0.717) is 16.4 Å². The Labute approximate surface area is 190 Å². The zero-order valence-electron chi connectivity index (χ0n) is 16.1. The Morgan fingerprint density at radius 1 is 1.06 bits per heavy atom. The second kappa shape index (κ2) is 9.28. The van der Waals surface area contributed by atoms with Gasteiger partial charge >= 0.3 is 0 Å². The second-order valence-corrected chi connectivity index (χ2v) is 8.00. The highest BCUT2D eigenvalue weighted by atomic mass is 79.9. The third kappa shape index (κ3) is 5.10. The van der Waals surface area contributed by atoms with E-state index in [1.165, 1.54) is 16.8 Å². The number of aromatic nitrogens is 3. The van der Waals surface area contributed by atoms with E-state index in [4.69, 9.17) is 16.1 Å². The van der Waals surface area contributed by atoms with Gasteiger partial charge in [0.25, 0.3) is 11.4 Å². The molecule has 156 valence electrons. The quantitative estimate of drug-likeness (QED) is 0.427. The maximum atomic E-state index is 12.3. The van der Waals surface area contributed by atoms with Gasteiger partial charge in [-0.1, -0.05) is 50.9 Å². The van der Waals surface area contributed by atoms with Crippen LogP contribution in [0.5, 0.6) is 0 Å². The summed E-state index contributed by atoms with van der Waals surface area (Å²) in [7, 11) is 0. The molecule has 7 nitrogen and oxygen atoms in total. The minimum absolute atomic E-state index is 0.148. The van der Waals surface area contributed by atoms with E-state index in [9.17, 15) is 9.59 Å². The molecular formula is C22H16BrClN4O3. The number of amides is 1. The zero-order chi connectivity index (χ0) is 21.8. The summed E-state index contributed by atoms with van der Waals surface area (Å²) >= 11 is 9.49. The number of hydrogen-bond acceptors (Lipinski definition) is 5. The van der Waals surface area contributed by atoms with Gasteiger partial charge in [-0.2, -0.15) is 4.98 Å². The molecule has 0 bridgehead atoms. The van der Waals surface area contributed by atoms with Crippen molar-refractivity contribution in [1.82, 2.24) is 20.0 Å². The van der Waals surface area contributed by atoms with Crippen LogP contribution in [0.3, 0.4) is 0 Å². The molecule has 0 aliphatic heterocycles. The topological polar surface area (TPSA) is 90.0 Å². The number of nitrogens with one attached hydrogen (secondary N) is 1. The van der Waals surface area contributed by atoms with E-state index < -0.39 is 0 Å². The van der Waals surface area contributed by atoms with Crippen LogP contribution < -0.4 is 10.9 Å². The van der Waals surface area contributed by atoms with Crippen molar-refractivity contribution in [2.24, 2.45) is 0 Å². The van der Waals surface area contributed by atoms with Gasteiger partial charge in [-0.25, -0.2) is 0 Å². The molecular weight excluding hydrogens is 484 g/mol. The molecule has 0 unspecified atom stereocenters. The molecule has 0 aliphatic carbocycles. The number of hydrogen-bond donors (Lipinski definition) is 1. The molecule has 4 rings (SSSR count). The molecule has 0 radical (unpaired) electrons. The predicted octanol–water partition coefficient (Wildman–Crippen LogP) is 4.30. The monoisotopic (exact) mass is 498 g/mol. The van der Waals surface area contributed by atoms with E-state index in [1.807, 2.05) is 42.5 Å². The zero-order valence-corrected chi connectivity index (χ0v) is 18.4. The van der Waals surface area contributed by atoms with Crippen molar-refractivity contribution < 1.29 is 9.32 Å². The normalized spacial score (nSPS) is 10.8. The Morgan fingerprint density at radius 3 is 2.58 bits per heavy atom. The van der Waals surface area contributed by atoms with Crippen LogP contribution in [0.1, 0.15) is 5.56 Å². The van der Waals surface area contributed by atoms with Gasteiger partial charge in [-0.15, -0.1) is 0 Å². The molecule has 2 aromatic carbocycles. The summed E-state index contributed by atoms with van der Waals surface area (Å²) in [6.45, 7) is 0.123. The van der Waals surface area contributed by atoms with E-state index in [1.54, 1.807) is 12.1 Å². The fraction of sp³-hybridized carbons (Fsp3) is 0.0909. The lowest BCUT2D eigenvalue weighted by molar-refractivity contribution is -0.121. The first kappa shape index (κ1) is 21.0. The van der Waals surface area contributed by atoms with Gasteiger partial charge in [-0.3, -0.25) is 9.59 Å². The molecule has 0 atom stereocenters. The first-order chi connectivity index (χ1) is 15.0. The Morgan fingerprint density at radius 2 is 1.81 bits per heavy atom. The summed E-state index contributed by atoms with van der Waals surface area (Å²) in [5.74, 6) is 0.362. The number of carbonyl (C=O) groups is 1. The minimum Gasteiger partial charge on any atom is -0.350 e. The standard InChI is InChI=1S/C22H16BrClN4O3/c23-17-8-5-14(6-9-17)21-26-22(31-27-21)16-7-10-20(30)28(12-16)13-19(29)25-11-15-3-1-2-4-18(15)24/h1-10,12H,11,13H2,(H,25,29). The van der Waals surface area contributed by atoms with Crippen LogP contribution in [0.4, 0.5) is 0 Å². The third-order valence-corrected chi connectivity index (χ3v) is 5.40. The molecule has 1 N–H and O–H groups in total. The van der Waals surface area contributed by atoms with Crippen molar-refractivity contribution in [3.63, 3.8) is 0 Å². The van der Waals surface area contributed by atoms with Gasteiger partial charge in [-0.05, 0) is 42.0 Å². The largest absolute Gasteiger partial charge is 0.350 e. The van der Waals surface area contributed by atoms with Crippen LogP contribution in [0.15, 0.2) is 80.7 Å². The molecule has 0 saturated carbocycles. The molecule has 0 spiro atoms. The lowest BCUT2D eigenvalue weighted by Gasteiger charge is -2.09. The van der Waals surface area contributed by atoms with Crippen molar-refractivity contribution in [3.8, 4) is 22.8 Å². The summed E-state index contributed by atoms with van der Waals surface area (Å²) in [5, 5.41) is 7.33. The molecule has 0 aliphatic rings. The molecule has 2 aromatic heterocycles. The van der Waals surface area contributed by atoms with Gasteiger partial charge in [0.1, 0.15) is 6.54 Å². The highest BCUT2D eigenvalue weighted by Crippen LogP contribution is 2.23. The Balaban J connectivity index is 1.48. The fourth-order valence-corrected chi connectivity index (χ4v) is 3.35. The van der Waals surface area contributed by atoms with Crippen molar-refractivity contribution in [2.75, 3.05) is 0 Å². The van der Waals surface area contributed by atoms with Crippen molar-refractivity contribution >= 4 is 33.4 Å². The molecule has 0 saturated heterocycles. The lowest BCUT2D eigenvalue weighted by atomic mass is 10.2. The van der Waals surface area contributed by atoms with Crippen molar-refractivity contribution in [1.29, 1.82) is 0 Å². The predicted molar refractivity (Wildman–Crippen MR) is 120 cm³/mol. The number of pyridine rings is 1. The van der Waals surface area contributed by atoms with Crippen LogP contribution >= 0.6 is 27.5 Å². The molecule has 31 heavy (non-hydrogen) atoms. The highest BCUT2D eigenvalue weighted by Gasteiger charge is 2.13. The van der Waals surface area contributed by atoms with Crippen molar-refractivity contribution in [2.45, 2.75) is 13.1 Å². The smallest absolute Gasteiger partial charge is 0.259 e. The first-order valence-electron chi connectivity index (χ1n) is 9.30. The minimum atomic E-state index is -0.319. The molecule has 2 heterocycles. The lowest BCUT2D eigenvalue weighted by Crippen LogP contribution is -2.31. The maximum absolute atomic E-state index is 12.3. The summed E-state index contributed by atoms with van der Waals surface area (Å²) in [6.07, 6.45) is 1.52. The van der Waals surface area contributed by atoms with Crippen LogP contribution in [0, 0.1) is 0 Å². The molecule has 9 heteroatoms. The van der Waals surface area contributed by atoms with Crippen molar-refractivity contribution in [3.05, 3.63) is 92.3 Å². The Hall–Kier alpha value is -3.23. The van der Waals surface area contributed by atoms with Gasteiger partial charge in [0, 0.05) is 33.9 Å². The number of halogens is 2. The van der Waals surface area contributed by atoms with Gasteiger partial charge < -0.3 is 14.4 Å². The second-order valence-electron chi connectivity index (χ2n) is 6.68. The molecule has 4 aromatic rings. The van der Waals surface area contributed by atoms with Crippen LogP contribution in [0.2, 0.25) is 5.02 Å². The number of benzene rings is 2. The van der Waals surface area contributed by atoms with Crippen LogP contribution in [0.25, 0.3) is 22.8 Å². The van der Waals surface area contributed by atoms with E-state index in [0.717, 1.165) is 15.6 Å². The molecule has 1 amide bonds. The average molecular weight is 500 g/mol. The molecule has 0 fully saturated rings. The van der Waals surface area contributed by atoms with Gasteiger partial charge in [0.2, 0.25) is 11.7 Å². The van der Waals surface area contributed by atoms with Gasteiger partial charge in [0.15, 0.2) is 0 Å². The third-order valence-electron chi connectivity index (χ3n) is 4.51. The number of carbonyl (C=O) groups excluding carboxylic acids is 1. The summed E-state index contributed by atoms with van der Waals surface area (Å²) in [6, 6.07) is 17.7. The van der Waals surface area contributed by atoms with E-state index in [-0.39, 0.29) is 30.4 Å². The fourth-order valence-electron chi connectivity index (χ4n) is 2.88. The Kier molecular flexibility index (Phi) is 6.29. The Bertz CT molecular complexity index is 1280. The summed E-state index contributed by atoms with van der Waals surface area (Å²) in [4.78, 5) is 29.0. The number of rotatable bonds is 6. The average Bonchev–Trinajstić information content (AvgIpc) is 3.25. The first-order valence-corrected chi connectivity index (χ1v) is 10.5. The SMILES string of the molecule is O=C(Cn1cc(-c2nc(-c3ccc(Br)cc3)no2)ccc1=O)NCc1ccccc1Cl. The van der Waals surface area contributed by atoms with Gasteiger partial charge in [0.05, 0.1) is 5.56 Å².